The van der Waals surface area contributed by atoms with E-state index < -0.39 is 17.6 Å². The molecular formula is C28H31F3N6O. The number of amides is 1. The lowest BCUT2D eigenvalue weighted by Crippen LogP contribution is -2.43. The topological polar surface area (TPSA) is 64.6 Å². The van der Waals surface area contributed by atoms with E-state index in [0.29, 0.717) is 24.2 Å². The van der Waals surface area contributed by atoms with E-state index >= 15 is 0 Å². The van der Waals surface area contributed by atoms with Gasteiger partial charge in [-0.2, -0.15) is 13.2 Å². The number of piperazine rings is 1. The van der Waals surface area contributed by atoms with Crippen LogP contribution in [0.25, 0.3) is 0 Å². The summed E-state index contributed by atoms with van der Waals surface area (Å²) >= 11 is 0. The maximum absolute atomic E-state index is 13.7. The molecule has 5 rings (SSSR count). The number of hydrogen-bond acceptors (Lipinski definition) is 6. The Labute approximate surface area is 220 Å². The van der Waals surface area contributed by atoms with Crippen molar-refractivity contribution in [2.24, 2.45) is 0 Å². The molecule has 7 nitrogen and oxygen atoms in total. The van der Waals surface area contributed by atoms with Gasteiger partial charge in [-0.15, -0.1) is 0 Å². The molecule has 38 heavy (non-hydrogen) atoms. The van der Waals surface area contributed by atoms with E-state index in [-0.39, 0.29) is 11.7 Å². The molecule has 0 radical (unpaired) electrons. The first kappa shape index (κ1) is 26.1. The van der Waals surface area contributed by atoms with Crippen molar-refractivity contribution < 1.29 is 18.0 Å². The first-order valence-corrected chi connectivity index (χ1v) is 12.7. The first-order chi connectivity index (χ1) is 18.2. The number of nitrogens with zero attached hydrogens (tertiary/aromatic N) is 5. The predicted molar refractivity (Wildman–Crippen MR) is 140 cm³/mol. The highest BCUT2D eigenvalue weighted by Gasteiger charge is 2.32. The number of carbonyl (C=O) groups excluding carboxylic acids is 1. The summed E-state index contributed by atoms with van der Waals surface area (Å²) in [6.45, 7) is 6.43. The fourth-order valence-electron chi connectivity index (χ4n) is 5.15. The van der Waals surface area contributed by atoms with Crippen molar-refractivity contribution >= 4 is 17.3 Å². The van der Waals surface area contributed by atoms with E-state index in [1.54, 1.807) is 24.5 Å². The Balaban J connectivity index is 1.35. The van der Waals surface area contributed by atoms with Gasteiger partial charge in [0, 0.05) is 56.6 Å². The van der Waals surface area contributed by atoms with Crippen LogP contribution in [0.1, 0.15) is 39.5 Å². The Bertz CT molecular complexity index is 1290. The van der Waals surface area contributed by atoms with E-state index in [2.05, 4.69) is 36.9 Å². The fraction of sp³-hybridized carbons (Fsp3) is 0.393. The van der Waals surface area contributed by atoms with Gasteiger partial charge in [0.2, 0.25) is 0 Å². The normalized spacial score (nSPS) is 18.8. The van der Waals surface area contributed by atoms with E-state index in [0.717, 1.165) is 55.5 Å². The smallest absolute Gasteiger partial charge is 0.362 e. The Kier molecular flexibility index (Phi) is 7.36. The monoisotopic (exact) mass is 524 g/mol. The lowest BCUT2D eigenvalue weighted by Gasteiger charge is -2.36. The zero-order chi connectivity index (χ0) is 26.9. The molecule has 3 aromatic rings. The van der Waals surface area contributed by atoms with Crippen LogP contribution in [0.4, 0.5) is 24.5 Å². The number of fused-ring (bicyclic) bond motifs is 1. The largest absolute Gasteiger partial charge is 0.416 e. The van der Waals surface area contributed by atoms with Gasteiger partial charge in [0.05, 0.1) is 23.6 Å². The highest BCUT2D eigenvalue weighted by Crippen LogP contribution is 2.33. The first-order valence-electron chi connectivity index (χ1n) is 12.7. The molecule has 3 heterocycles. The minimum absolute atomic E-state index is 0.142. The molecule has 2 aliphatic heterocycles. The van der Waals surface area contributed by atoms with Gasteiger partial charge in [-0.25, -0.2) is 9.97 Å². The molecule has 1 N–H and O–H groups in total. The van der Waals surface area contributed by atoms with Crippen LogP contribution in [0.5, 0.6) is 0 Å². The van der Waals surface area contributed by atoms with Crippen LogP contribution in [-0.4, -0.2) is 64.9 Å². The standard InChI is InChI=1S/C28H31F3N6O/c1-19-9-21-3-4-22(12-23(21)17-37(19)26-14-32-18-33-15-26)27(38)34-25-11-20(10-24(13-25)28(29,30)31)16-36-7-5-35(2)6-8-36/h3-4,10-15,18-19H,5-9,16-17H2,1-2H3,(H,34,38). The van der Waals surface area contributed by atoms with Crippen molar-refractivity contribution in [3.8, 4) is 0 Å². The van der Waals surface area contributed by atoms with Crippen LogP contribution >= 0.6 is 0 Å². The number of anilines is 2. The van der Waals surface area contributed by atoms with Gasteiger partial charge in [0.25, 0.3) is 5.91 Å². The van der Waals surface area contributed by atoms with Crippen molar-refractivity contribution in [3.05, 3.63) is 82.9 Å². The van der Waals surface area contributed by atoms with Crippen LogP contribution in [0, 0.1) is 0 Å². The van der Waals surface area contributed by atoms with Crippen LogP contribution in [0.2, 0.25) is 0 Å². The summed E-state index contributed by atoms with van der Waals surface area (Å²) in [6.07, 6.45) is 1.30. The number of hydrogen-bond donors (Lipinski definition) is 1. The molecule has 10 heteroatoms. The summed E-state index contributed by atoms with van der Waals surface area (Å²) in [6, 6.07) is 9.55. The molecule has 0 spiro atoms. The number of alkyl halides is 3. The van der Waals surface area contributed by atoms with Crippen LogP contribution in [0.3, 0.4) is 0 Å². The minimum atomic E-state index is -4.51. The number of rotatable bonds is 5. The molecule has 0 bridgehead atoms. The molecule has 0 aliphatic carbocycles. The van der Waals surface area contributed by atoms with Crippen LogP contribution < -0.4 is 10.2 Å². The summed E-state index contributed by atoms with van der Waals surface area (Å²) in [5.41, 5.74) is 3.36. The molecule has 2 aromatic carbocycles. The SMILES string of the molecule is CC1Cc2ccc(C(=O)Nc3cc(CN4CCN(C)CC4)cc(C(F)(F)F)c3)cc2CN1c1cncnc1. The van der Waals surface area contributed by atoms with Gasteiger partial charge in [-0.1, -0.05) is 6.07 Å². The highest BCUT2D eigenvalue weighted by atomic mass is 19.4. The predicted octanol–water partition coefficient (Wildman–Crippen LogP) is 4.45. The zero-order valence-corrected chi connectivity index (χ0v) is 21.5. The van der Waals surface area contributed by atoms with Gasteiger partial charge < -0.3 is 15.1 Å². The van der Waals surface area contributed by atoms with E-state index in [4.69, 9.17) is 0 Å². The highest BCUT2D eigenvalue weighted by molar-refractivity contribution is 6.04. The summed E-state index contributed by atoms with van der Waals surface area (Å²) in [4.78, 5) is 27.9. The van der Waals surface area contributed by atoms with Crippen LogP contribution in [0.15, 0.2) is 55.1 Å². The lowest BCUT2D eigenvalue weighted by atomic mass is 9.92. The number of nitrogens with one attached hydrogen (secondary N) is 1. The van der Waals surface area contributed by atoms with Crippen molar-refractivity contribution in [1.82, 2.24) is 19.8 Å². The van der Waals surface area contributed by atoms with Crippen molar-refractivity contribution in [1.29, 1.82) is 0 Å². The molecule has 1 saturated heterocycles. The van der Waals surface area contributed by atoms with Gasteiger partial charge in [0.15, 0.2) is 0 Å². The number of carbonyl (C=O) groups is 1. The zero-order valence-electron chi connectivity index (χ0n) is 21.5. The average Bonchev–Trinajstić information content (AvgIpc) is 2.89. The Morgan fingerprint density at radius 1 is 1.03 bits per heavy atom. The fourth-order valence-corrected chi connectivity index (χ4v) is 5.15. The van der Waals surface area contributed by atoms with E-state index in [1.165, 1.54) is 12.4 Å². The maximum atomic E-state index is 13.7. The Hall–Kier alpha value is -3.50. The Morgan fingerprint density at radius 3 is 2.47 bits per heavy atom. The number of halogens is 3. The molecule has 200 valence electrons. The van der Waals surface area contributed by atoms with Gasteiger partial charge in [0.1, 0.15) is 6.33 Å². The van der Waals surface area contributed by atoms with Crippen molar-refractivity contribution in [3.63, 3.8) is 0 Å². The molecule has 1 aromatic heterocycles. The van der Waals surface area contributed by atoms with E-state index in [9.17, 15) is 18.0 Å². The summed E-state index contributed by atoms with van der Waals surface area (Å²) in [5.74, 6) is -0.439. The van der Waals surface area contributed by atoms with E-state index in [1.807, 2.05) is 19.2 Å². The van der Waals surface area contributed by atoms with Crippen LogP contribution in [-0.2, 0) is 25.7 Å². The Morgan fingerprint density at radius 2 is 1.76 bits per heavy atom. The third-order valence-electron chi connectivity index (χ3n) is 7.32. The molecule has 2 aliphatic rings. The minimum Gasteiger partial charge on any atom is -0.362 e. The quantitative estimate of drug-likeness (QED) is 0.532. The molecular weight excluding hydrogens is 493 g/mol. The average molecular weight is 525 g/mol. The molecule has 1 amide bonds. The third-order valence-corrected chi connectivity index (χ3v) is 7.32. The second kappa shape index (κ2) is 10.7. The maximum Gasteiger partial charge on any atom is 0.416 e. The molecule has 1 unspecified atom stereocenters. The number of benzene rings is 2. The van der Waals surface area contributed by atoms with Gasteiger partial charge >= 0.3 is 6.18 Å². The second-order valence-electron chi connectivity index (χ2n) is 10.2. The lowest BCUT2D eigenvalue weighted by molar-refractivity contribution is -0.137. The summed E-state index contributed by atoms with van der Waals surface area (Å²) in [5, 5.41) is 2.71. The van der Waals surface area contributed by atoms with Gasteiger partial charge in [-0.05, 0) is 67.4 Å². The molecule has 1 fully saturated rings. The molecule has 1 atom stereocenters. The number of aromatic nitrogens is 2. The number of likely N-dealkylation sites (N-methyl/N-ethyl adjacent to an activating group) is 1. The van der Waals surface area contributed by atoms with Gasteiger partial charge in [-0.3, -0.25) is 9.69 Å². The summed E-state index contributed by atoms with van der Waals surface area (Å²) < 4.78 is 41.1. The summed E-state index contributed by atoms with van der Waals surface area (Å²) in [7, 11) is 2.03. The van der Waals surface area contributed by atoms with Crippen molar-refractivity contribution in [2.45, 2.75) is 38.7 Å². The molecule has 0 saturated carbocycles. The second-order valence-corrected chi connectivity index (χ2v) is 10.2. The third kappa shape index (κ3) is 5.97. The van der Waals surface area contributed by atoms with Crippen molar-refractivity contribution in [2.75, 3.05) is 43.4 Å².